The van der Waals surface area contributed by atoms with Crippen LogP contribution in [-0.4, -0.2) is 69.8 Å². The lowest BCUT2D eigenvalue weighted by Gasteiger charge is -2.38. The van der Waals surface area contributed by atoms with Gasteiger partial charge in [0.25, 0.3) is 0 Å². The number of hydrogen-bond acceptors (Lipinski definition) is 6. The molecule has 1 atom stereocenters. The number of benzene rings is 2. The van der Waals surface area contributed by atoms with Crippen molar-refractivity contribution in [2.45, 2.75) is 19.5 Å². The number of rotatable bonds is 8. The minimum absolute atomic E-state index is 0. The van der Waals surface area contributed by atoms with Crippen molar-refractivity contribution in [2.75, 3.05) is 39.8 Å². The standard InChI is InChI=1S/C24H30N6O.ClH/c1-4-13-28-14-16-29(17-15-28)23(21-9-5-19(2)6-10-21)24-25-26-27-30(24)18-20-7-11-22(31-3)12-8-20;/h4-12,23H,1,13-18H2,2-3H3;1H. The van der Waals surface area contributed by atoms with Gasteiger partial charge in [-0.05, 0) is 40.6 Å². The number of methoxy groups -OCH3 is 1. The van der Waals surface area contributed by atoms with Crippen LogP contribution in [0.4, 0.5) is 0 Å². The summed E-state index contributed by atoms with van der Waals surface area (Å²) in [6.07, 6.45) is 1.97. The van der Waals surface area contributed by atoms with Crippen LogP contribution in [-0.2, 0) is 6.54 Å². The smallest absolute Gasteiger partial charge is 0.173 e. The van der Waals surface area contributed by atoms with Gasteiger partial charge >= 0.3 is 0 Å². The summed E-state index contributed by atoms with van der Waals surface area (Å²) >= 11 is 0. The second-order valence-corrected chi connectivity index (χ2v) is 7.98. The molecule has 170 valence electrons. The van der Waals surface area contributed by atoms with Gasteiger partial charge in [-0.15, -0.1) is 24.1 Å². The summed E-state index contributed by atoms with van der Waals surface area (Å²) in [4.78, 5) is 4.91. The molecule has 8 heteroatoms. The summed E-state index contributed by atoms with van der Waals surface area (Å²) < 4.78 is 7.19. The topological polar surface area (TPSA) is 59.3 Å². The highest BCUT2D eigenvalue weighted by Gasteiger charge is 2.30. The van der Waals surface area contributed by atoms with Crippen molar-refractivity contribution >= 4 is 12.4 Å². The van der Waals surface area contributed by atoms with Gasteiger partial charge in [-0.1, -0.05) is 48.0 Å². The second kappa shape index (κ2) is 11.2. The van der Waals surface area contributed by atoms with Gasteiger partial charge < -0.3 is 4.74 Å². The Morgan fingerprint density at radius 2 is 1.72 bits per heavy atom. The lowest BCUT2D eigenvalue weighted by Crippen LogP contribution is -2.48. The number of piperazine rings is 1. The highest BCUT2D eigenvalue weighted by Crippen LogP contribution is 2.29. The van der Waals surface area contributed by atoms with E-state index in [2.05, 4.69) is 75.2 Å². The molecule has 1 unspecified atom stereocenters. The van der Waals surface area contributed by atoms with E-state index >= 15 is 0 Å². The van der Waals surface area contributed by atoms with Gasteiger partial charge in [0.1, 0.15) is 5.75 Å². The van der Waals surface area contributed by atoms with E-state index in [0.29, 0.717) is 6.54 Å². The summed E-state index contributed by atoms with van der Waals surface area (Å²) in [7, 11) is 1.68. The second-order valence-electron chi connectivity index (χ2n) is 7.98. The molecule has 0 aliphatic carbocycles. The number of halogens is 1. The third-order valence-electron chi connectivity index (χ3n) is 5.85. The summed E-state index contributed by atoms with van der Waals surface area (Å²) in [5, 5.41) is 12.9. The van der Waals surface area contributed by atoms with E-state index in [4.69, 9.17) is 4.74 Å². The first kappa shape index (κ1) is 23.9. The van der Waals surface area contributed by atoms with Crippen LogP contribution in [0.2, 0.25) is 0 Å². The highest BCUT2D eigenvalue weighted by atomic mass is 35.5. The van der Waals surface area contributed by atoms with E-state index in [1.807, 2.05) is 22.9 Å². The molecule has 0 saturated carbocycles. The molecule has 2 heterocycles. The highest BCUT2D eigenvalue weighted by molar-refractivity contribution is 5.85. The average molecular weight is 455 g/mol. The van der Waals surface area contributed by atoms with Crippen LogP contribution in [0.1, 0.15) is 28.6 Å². The fraction of sp³-hybridized carbons (Fsp3) is 0.375. The summed E-state index contributed by atoms with van der Waals surface area (Å²) in [6.45, 7) is 11.5. The Kier molecular flexibility index (Phi) is 8.39. The molecule has 1 aliphatic rings. The zero-order valence-corrected chi connectivity index (χ0v) is 19.5. The molecular formula is C24H31ClN6O. The fourth-order valence-corrected chi connectivity index (χ4v) is 4.08. The van der Waals surface area contributed by atoms with Crippen LogP contribution in [0.5, 0.6) is 5.75 Å². The van der Waals surface area contributed by atoms with Crippen LogP contribution in [0, 0.1) is 6.92 Å². The maximum atomic E-state index is 5.28. The van der Waals surface area contributed by atoms with E-state index in [1.165, 1.54) is 11.1 Å². The Balaban J connectivity index is 0.00000289. The lowest BCUT2D eigenvalue weighted by atomic mass is 10.0. The van der Waals surface area contributed by atoms with E-state index in [1.54, 1.807) is 7.11 Å². The third-order valence-corrected chi connectivity index (χ3v) is 5.85. The number of hydrogen-bond donors (Lipinski definition) is 0. The molecule has 32 heavy (non-hydrogen) atoms. The number of ether oxygens (including phenoxy) is 1. The minimum atomic E-state index is 0. The Morgan fingerprint density at radius 3 is 2.34 bits per heavy atom. The maximum absolute atomic E-state index is 5.28. The van der Waals surface area contributed by atoms with E-state index < -0.39 is 0 Å². The molecule has 2 aromatic carbocycles. The first-order chi connectivity index (χ1) is 15.2. The third kappa shape index (κ3) is 5.54. The van der Waals surface area contributed by atoms with Crippen molar-refractivity contribution < 1.29 is 4.74 Å². The normalized spacial score (nSPS) is 15.7. The zero-order chi connectivity index (χ0) is 21.6. The van der Waals surface area contributed by atoms with Crippen molar-refractivity contribution in [3.8, 4) is 5.75 Å². The van der Waals surface area contributed by atoms with Crippen LogP contribution >= 0.6 is 12.4 Å². The van der Waals surface area contributed by atoms with Crippen molar-refractivity contribution in [1.82, 2.24) is 30.0 Å². The molecule has 1 saturated heterocycles. The number of tetrazole rings is 1. The van der Waals surface area contributed by atoms with Crippen molar-refractivity contribution in [2.24, 2.45) is 0 Å². The first-order valence-electron chi connectivity index (χ1n) is 10.7. The van der Waals surface area contributed by atoms with E-state index in [0.717, 1.165) is 49.9 Å². The molecule has 7 nitrogen and oxygen atoms in total. The molecule has 1 aliphatic heterocycles. The molecule has 0 radical (unpaired) electrons. The monoisotopic (exact) mass is 454 g/mol. The summed E-state index contributed by atoms with van der Waals surface area (Å²) in [5.74, 6) is 1.72. The van der Waals surface area contributed by atoms with Crippen molar-refractivity contribution in [1.29, 1.82) is 0 Å². The van der Waals surface area contributed by atoms with Crippen molar-refractivity contribution in [3.05, 3.63) is 83.7 Å². The van der Waals surface area contributed by atoms with E-state index in [9.17, 15) is 0 Å². The van der Waals surface area contributed by atoms with Gasteiger partial charge in [-0.25, -0.2) is 4.68 Å². The Bertz CT molecular complexity index is 980. The molecule has 0 amide bonds. The minimum Gasteiger partial charge on any atom is -0.497 e. The average Bonchev–Trinajstić information content (AvgIpc) is 3.25. The van der Waals surface area contributed by atoms with Gasteiger partial charge in [0, 0.05) is 32.7 Å². The van der Waals surface area contributed by atoms with Gasteiger partial charge in [0.05, 0.1) is 19.7 Å². The van der Waals surface area contributed by atoms with Crippen LogP contribution < -0.4 is 4.74 Å². The molecular weight excluding hydrogens is 424 g/mol. The van der Waals surface area contributed by atoms with Gasteiger partial charge in [-0.2, -0.15) is 0 Å². The van der Waals surface area contributed by atoms with Gasteiger partial charge in [-0.3, -0.25) is 9.80 Å². The fourth-order valence-electron chi connectivity index (χ4n) is 4.08. The molecule has 0 bridgehead atoms. The van der Waals surface area contributed by atoms with E-state index in [-0.39, 0.29) is 18.4 Å². The summed E-state index contributed by atoms with van der Waals surface area (Å²) in [5.41, 5.74) is 3.59. The predicted octanol–water partition coefficient (Wildman–Crippen LogP) is 3.35. The quantitative estimate of drug-likeness (QED) is 0.486. The molecule has 0 spiro atoms. The van der Waals surface area contributed by atoms with Crippen molar-refractivity contribution in [3.63, 3.8) is 0 Å². The van der Waals surface area contributed by atoms with Crippen LogP contribution in [0.15, 0.2) is 61.2 Å². The van der Waals surface area contributed by atoms with Gasteiger partial charge in [0.2, 0.25) is 0 Å². The van der Waals surface area contributed by atoms with Crippen LogP contribution in [0.25, 0.3) is 0 Å². The first-order valence-corrected chi connectivity index (χ1v) is 10.7. The maximum Gasteiger partial charge on any atom is 0.173 e. The predicted molar refractivity (Wildman–Crippen MR) is 128 cm³/mol. The number of aryl methyl sites for hydroxylation is 1. The molecule has 3 aromatic rings. The lowest BCUT2D eigenvalue weighted by molar-refractivity contribution is 0.112. The summed E-state index contributed by atoms with van der Waals surface area (Å²) in [6, 6.07) is 16.8. The zero-order valence-electron chi connectivity index (χ0n) is 18.7. The Labute approximate surface area is 196 Å². The number of nitrogens with zero attached hydrogens (tertiary/aromatic N) is 6. The van der Waals surface area contributed by atoms with Crippen LogP contribution in [0.3, 0.4) is 0 Å². The molecule has 1 aromatic heterocycles. The Morgan fingerprint density at radius 1 is 1.03 bits per heavy atom. The number of aromatic nitrogens is 4. The molecule has 0 N–H and O–H groups in total. The Hall–Kier alpha value is -2.74. The van der Waals surface area contributed by atoms with Gasteiger partial charge in [0.15, 0.2) is 5.82 Å². The largest absolute Gasteiger partial charge is 0.497 e. The molecule has 1 fully saturated rings. The molecule has 4 rings (SSSR count). The SMILES string of the molecule is C=CCN1CCN(C(c2ccc(C)cc2)c2nnnn2Cc2ccc(OC)cc2)CC1.Cl.